The normalized spacial score (nSPS) is 20.8. The highest BCUT2D eigenvalue weighted by Crippen LogP contribution is 2.31. The Balaban J connectivity index is 1.48. The minimum absolute atomic E-state index is 0.126. The van der Waals surface area contributed by atoms with Crippen LogP contribution in [0.15, 0.2) is 70.1 Å². The van der Waals surface area contributed by atoms with Crippen LogP contribution in [0.3, 0.4) is 0 Å². The number of sulfonamides is 1. The molecule has 1 aliphatic heterocycles. The van der Waals surface area contributed by atoms with Gasteiger partial charge in [-0.25, -0.2) is 13.1 Å². The molecular formula is C19H20N4O3S. The number of likely N-dealkylation sites (tertiary alicyclic amines) is 1. The Morgan fingerprint density at radius 2 is 1.74 bits per heavy atom. The summed E-state index contributed by atoms with van der Waals surface area (Å²) >= 11 is 0. The zero-order valence-corrected chi connectivity index (χ0v) is 15.6. The van der Waals surface area contributed by atoms with Crippen LogP contribution < -0.4 is 4.72 Å². The maximum atomic E-state index is 12.5. The molecule has 0 radical (unpaired) electrons. The first-order chi connectivity index (χ1) is 13.0. The van der Waals surface area contributed by atoms with Crippen molar-refractivity contribution in [3.8, 4) is 11.4 Å². The first kappa shape index (κ1) is 17.8. The van der Waals surface area contributed by atoms with Crippen molar-refractivity contribution in [3.05, 3.63) is 66.6 Å². The highest BCUT2D eigenvalue weighted by atomic mass is 32.2. The number of benzene rings is 2. The Morgan fingerprint density at radius 1 is 1.07 bits per heavy atom. The van der Waals surface area contributed by atoms with Crippen LogP contribution in [0.5, 0.6) is 0 Å². The monoisotopic (exact) mass is 384 g/mol. The summed E-state index contributed by atoms with van der Waals surface area (Å²) in [6.07, 6.45) is 0.568. The van der Waals surface area contributed by atoms with Crippen molar-refractivity contribution in [2.45, 2.75) is 23.4 Å². The largest absolute Gasteiger partial charge is 0.337 e. The van der Waals surface area contributed by atoms with E-state index in [1.54, 1.807) is 30.3 Å². The molecule has 0 unspecified atom stereocenters. The summed E-state index contributed by atoms with van der Waals surface area (Å²) in [5.74, 6) is 1.03. The summed E-state index contributed by atoms with van der Waals surface area (Å²) in [5, 5.41) is 4.06. The number of nitrogens with zero attached hydrogens (tertiary/aromatic N) is 3. The van der Waals surface area contributed by atoms with Crippen LogP contribution in [-0.2, 0) is 10.0 Å². The van der Waals surface area contributed by atoms with Gasteiger partial charge in [-0.05, 0) is 25.6 Å². The molecule has 1 saturated heterocycles. The van der Waals surface area contributed by atoms with E-state index in [1.165, 1.54) is 0 Å². The van der Waals surface area contributed by atoms with Crippen LogP contribution in [0.1, 0.15) is 18.4 Å². The summed E-state index contributed by atoms with van der Waals surface area (Å²) in [6, 6.07) is 17.6. The van der Waals surface area contributed by atoms with Gasteiger partial charge < -0.3 is 4.52 Å². The van der Waals surface area contributed by atoms with E-state index in [4.69, 9.17) is 4.52 Å². The molecule has 0 bridgehead atoms. The van der Waals surface area contributed by atoms with E-state index in [0.717, 1.165) is 5.56 Å². The molecule has 0 aliphatic carbocycles. The van der Waals surface area contributed by atoms with Crippen LogP contribution in [-0.4, -0.2) is 43.1 Å². The lowest BCUT2D eigenvalue weighted by Crippen LogP contribution is -2.36. The van der Waals surface area contributed by atoms with Gasteiger partial charge in [-0.2, -0.15) is 4.98 Å². The number of hydrogen-bond donors (Lipinski definition) is 1. The molecule has 2 aromatic carbocycles. The van der Waals surface area contributed by atoms with Crippen molar-refractivity contribution < 1.29 is 12.9 Å². The molecule has 1 aliphatic rings. The lowest BCUT2D eigenvalue weighted by atomic mass is 10.2. The van der Waals surface area contributed by atoms with Crippen LogP contribution in [0.4, 0.5) is 0 Å². The van der Waals surface area contributed by atoms with Crippen molar-refractivity contribution >= 4 is 10.0 Å². The van der Waals surface area contributed by atoms with E-state index in [-0.39, 0.29) is 17.0 Å². The average molecular weight is 384 g/mol. The van der Waals surface area contributed by atoms with Gasteiger partial charge in [0.25, 0.3) is 0 Å². The van der Waals surface area contributed by atoms with Gasteiger partial charge in [-0.1, -0.05) is 53.7 Å². The van der Waals surface area contributed by atoms with Crippen LogP contribution in [0.25, 0.3) is 11.4 Å². The van der Waals surface area contributed by atoms with Crippen molar-refractivity contribution in [2.24, 2.45) is 0 Å². The third-order valence-electron chi connectivity index (χ3n) is 4.68. The van der Waals surface area contributed by atoms with E-state index in [9.17, 15) is 8.42 Å². The second kappa shape index (κ2) is 7.22. The number of rotatable bonds is 5. The third kappa shape index (κ3) is 3.78. The highest BCUT2D eigenvalue weighted by Gasteiger charge is 2.36. The molecule has 0 saturated carbocycles. The van der Waals surface area contributed by atoms with Crippen molar-refractivity contribution in [1.29, 1.82) is 0 Å². The van der Waals surface area contributed by atoms with Gasteiger partial charge >= 0.3 is 0 Å². The van der Waals surface area contributed by atoms with Crippen LogP contribution in [0.2, 0.25) is 0 Å². The van der Waals surface area contributed by atoms with Gasteiger partial charge in [0.2, 0.25) is 21.7 Å². The standard InChI is InChI=1S/C19H20N4O3S/c1-23-13-15(22-27(24,25)16-10-6-3-7-11-16)12-17(23)19-20-18(21-26-19)14-8-4-2-5-9-14/h2-11,15,17,22H,12-13H2,1H3/t15-,17-/m0/s1. The zero-order valence-electron chi connectivity index (χ0n) is 14.8. The van der Waals surface area contributed by atoms with E-state index >= 15 is 0 Å². The van der Waals surface area contributed by atoms with E-state index in [1.807, 2.05) is 42.3 Å². The average Bonchev–Trinajstić information content (AvgIpc) is 3.29. The Kier molecular flexibility index (Phi) is 4.77. The summed E-state index contributed by atoms with van der Waals surface area (Å²) in [4.78, 5) is 6.80. The maximum absolute atomic E-state index is 12.5. The fraction of sp³-hybridized carbons (Fsp3) is 0.263. The molecule has 2 heterocycles. The number of nitrogens with one attached hydrogen (secondary N) is 1. The first-order valence-electron chi connectivity index (χ1n) is 8.69. The number of aromatic nitrogens is 2. The zero-order chi connectivity index (χ0) is 18.9. The van der Waals surface area contributed by atoms with Gasteiger partial charge in [0.15, 0.2) is 0 Å². The smallest absolute Gasteiger partial charge is 0.244 e. The van der Waals surface area contributed by atoms with Gasteiger partial charge in [0.1, 0.15) is 0 Å². The highest BCUT2D eigenvalue weighted by molar-refractivity contribution is 7.89. The predicted molar refractivity (Wildman–Crippen MR) is 100 cm³/mol. The molecule has 7 nitrogen and oxygen atoms in total. The molecule has 8 heteroatoms. The lowest BCUT2D eigenvalue weighted by Gasteiger charge is -2.14. The molecule has 1 fully saturated rings. The van der Waals surface area contributed by atoms with Crippen molar-refractivity contribution in [1.82, 2.24) is 19.8 Å². The Morgan fingerprint density at radius 3 is 2.44 bits per heavy atom. The molecule has 4 rings (SSSR count). The molecule has 0 amide bonds. The van der Waals surface area contributed by atoms with Gasteiger partial charge in [0.05, 0.1) is 10.9 Å². The quantitative estimate of drug-likeness (QED) is 0.727. The minimum Gasteiger partial charge on any atom is -0.337 e. The molecule has 2 atom stereocenters. The maximum Gasteiger partial charge on any atom is 0.244 e. The molecule has 0 spiro atoms. The van der Waals surface area contributed by atoms with Gasteiger partial charge in [-0.3, -0.25) is 4.90 Å². The Labute approximate surface area is 158 Å². The summed E-state index contributed by atoms with van der Waals surface area (Å²) < 4.78 is 33.3. The van der Waals surface area contributed by atoms with E-state index < -0.39 is 10.0 Å². The third-order valence-corrected chi connectivity index (χ3v) is 6.22. The Bertz CT molecular complexity index is 1010. The van der Waals surface area contributed by atoms with E-state index in [0.29, 0.717) is 24.7 Å². The second-order valence-corrected chi connectivity index (χ2v) is 8.36. The molecular weight excluding hydrogens is 364 g/mol. The van der Waals surface area contributed by atoms with Crippen LogP contribution in [0, 0.1) is 0 Å². The predicted octanol–water partition coefficient (Wildman–Crippen LogP) is 2.46. The fourth-order valence-electron chi connectivity index (χ4n) is 3.34. The van der Waals surface area contributed by atoms with E-state index in [2.05, 4.69) is 14.9 Å². The second-order valence-electron chi connectivity index (χ2n) is 6.64. The molecule has 1 aromatic heterocycles. The van der Waals surface area contributed by atoms with Gasteiger partial charge in [-0.15, -0.1) is 0 Å². The molecule has 27 heavy (non-hydrogen) atoms. The topological polar surface area (TPSA) is 88.3 Å². The van der Waals surface area contributed by atoms with Gasteiger partial charge in [0, 0.05) is 18.2 Å². The fourth-order valence-corrected chi connectivity index (χ4v) is 4.60. The Hall–Kier alpha value is -2.55. The summed E-state index contributed by atoms with van der Waals surface area (Å²) in [7, 11) is -1.63. The summed E-state index contributed by atoms with van der Waals surface area (Å²) in [5.41, 5.74) is 0.884. The number of hydrogen-bond acceptors (Lipinski definition) is 6. The van der Waals surface area contributed by atoms with Crippen molar-refractivity contribution in [2.75, 3.05) is 13.6 Å². The molecule has 1 N–H and O–H groups in total. The SMILES string of the molecule is CN1C[C@@H](NS(=O)(=O)c2ccccc2)C[C@H]1c1nc(-c2ccccc2)no1. The van der Waals surface area contributed by atoms with Crippen LogP contribution >= 0.6 is 0 Å². The molecule has 3 aromatic rings. The van der Waals surface area contributed by atoms with Crippen molar-refractivity contribution in [3.63, 3.8) is 0 Å². The minimum atomic E-state index is -3.55. The first-order valence-corrected chi connectivity index (χ1v) is 10.2. The summed E-state index contributed by atoms with van der Waals surface area (Å²) in [6.45, 7) is 0.569. The molecule has 140 valence electrons. The lowest BCUT2D eigenvalue weighted by molar-refractivity contribution is 0.244. The number of likely N-dealkylation sites (N-methyl/N-ethyl adjacent to an activating group) is 1.